The predicted octanol–water partition coefficient (Wildman–Crippen LogP) is 4.21. The van der Waals surface area contributed by atoms with Crippen molar-refractivity contribution in [1.82, 2.24) is 5.32 Å². The molecular formula is C17H17ClFNO. The van der Waals surface area contributed by atoms with Crippen LogP contribution in [0.3, 0.4) is 0 Å². The zero-order valence-electron chi connectivity index (χ0n) is 11.6. The van der Waals surface area contributed by atoms with Gasteiger partial charge in [0, 0.05) is 0 Å². The Kier molecular flexibility index (Phi) is 4.42. The fraction of sp³-hybridized carbons (Fsp3) is 0.294. The van der Waals surface area contributed by atoms with Gasteiger partial charge in [-0.15, -0.1) is 0 Å². The Bertz CT molecular complexity index is 601. The monoisotopic (exact) mass is 305 g/mol. The molecule has 0 amide bonds. The molecule has 2 aromatic carbocycles. The number of halogens is 2. The van der Waals surface area contributed by atoms with E-state index in [-0.39, 0.29) is 11.1 Å². The molecule has 2 aromatic rings. The van der Waals surface area contributed by atoms with Crippen molar-refractivity contribution >= 4 is 11.6 Å². The van der Waals surface area contributed by atoms with Crippen LogP contribution in [0.4, 0.5) is 4.39 Å². The van der Waals surface area contributed by atoms with Crippen LogP contribution in [0.15, 0.2) is 48.5 Å². The van der Waals surface area contributed by atoms with E-state index in [9.17, 15) is 4.39 Å². The van der Waals surface area contributed by atoms with Gasteiger partial charge in [-0.25, -0.2) is 4.39 Å². The van der Waals surface area contributed by atoms with Gasteiger partial charge in [0.2, 0.25) is 0 Å². The topological polar surface area (TPSA) is 21.3 Å². The summed E-state index contributed by atoms with van der Waals surface area (Å²) in [6.07, 6.45) is 0.703. The molecule has 0 aliphatic carbocycles. The molecule has 1 heterocycles. The van der Waals surface area contributed by atoms with Gasteiger partial charge in [0.05, 0.1) is 5.02 Å². The minimum atomic E-state index is -0.400. The second-order valence-corrected chi connectivity index (χ2v) is 5.76. The number of hydrogen-bond acceptors (Lipinski definition) is 2. The van der Waals surface area contributed by atoms with E-state index >= 15 is 0 Å². The van der Waals surface area contributed by atoms with Crippen LogP contribution >= 0.6 is 11.6 Å². The maximum atomic E-state index is 13.7. The normalized spacial score (nSPS) is 16.3. The highest BCUT2D eigenvalue weighted by atomic mass is 35.5. The molecule has 1 atom stereocenters. The number of para-hydroxylation sites is 1. The van der Waals surface area contributed by atoms with E-state index in [1.165, 1.54) is 6.07 Å². The predicted molar refractivity (Wildman–Crippen MR) is 82.2 cm³/mol. The van der Waals surface area contributed by atoms with E-state index in [1.807, 2.05) is 36.4 Å². The summed E-state index contributed by atoms with van der Waals surface area (Å²) in [6.45, 7) is 1.98. The third kappa shape index (κ3) is 3.55. The quantitative estimate of drug-likeness (QED) is 0.893. The molecule has 3 rings (SSSR count). The van der Waals surface area contributed by atoms with Crippen LogP contribution in [0.5, 0.6) is 5.75 Å². The third-order valence-corrected chi connectivity index (χ3v) is 4.06. The fourth-order valence-electron chi connectivity index (χ4n) is 2.45. The van der Waals surface area contributed by atoms with Crippen LogP contribution in [-0.2, 0) is 0 Å². The van der Waals surface area contributed by atoms with E-state index < -0.39 is 5.82 Å². The summed E-state index contributed by atoms with van der Waals surface area (Å²) in [6, 6.07) is 14.5. The number of ether oxygens (including phenoxy) is 1. The van der Waals surface area contributed by atoms with Crippen LogP contribution in [0, 0.1) is 11.7 Å². The Morgan fingerprint density at radius 1 is 1.19 bits per heavy atom. The minimum absolute atomic E-state index is 0.141. The van der Waals surface area contributed by atoms with E-state index in [2.05, 4.69) is 5.32 Å². The number of hydrogen-bond donors (Lipinski definition) is 1. The summed E-state index contributed by atoms with van der Waals surface area (Å²) in [5.41, 5.74) is 0.827. The maximum absolute atomic E-state index is 13.7. The molecule has 0 radical (unpaired) electrons. The summed E-state index contributed by atoms with van der Waals surface area (Å²) in [5, 5.41) is 3.39. The first kappa shape index (κ1) is 14.4. The lowest BCUT2D eigenvalue weighted by Crippen LogP contribution is -2.43. The van der Waals surface area contributed by atoms with Crippen LogP contribution in [0.1, 0.15) is 18.1 Å². The zero-order valence-corrected chi connectivity index (χ0v) is 12.3. The summed E-state index contributed by atoms with van der Waals surface area (Å²) >= 11 is 5.76. The molecule has 2 nitrogen and oxygen atoms in total. The molecule has 1 N–H and O–H groups in total. The third-order valence-electron chi connectivity index (χ3n) is 3.75. The lowest BCUT2D eigenvalue weighted by molar-refractivity contribution is 0.149. The summed E-state index contributed by atoms with van der Waals surface area (Å²) in [4.78, 5) is 0. The first-order chi connectivity index (χ1) is 10.2. The lowest BCUT2D eigenvalue weighted by atomic mass is 9.92. The van der Waals surface area contributed by atoms with Gasteiger partial charge in [-0.2, -0.15) is 0 Å². The average Bonchev–Trinajstić information content (AvgIpc) is 2.45. The van der Waals surface area contributed by atoms with Crippen molar-refractivity contribution in [2.75, 3.05) is 13.1 Å². The van der Waals surface area contributed by atoms with E-state index in [1.54, 1.807) is 6.07 Å². The van der Waals surface area contributed by atoms with Crippen molar-refractivity contribution in [3.63, 3.8) is 0 Å². The largest absolute Gasteiger partial charge is 0.486 e. The van der Waals surface area contributed by atoms with Crippen molar-refractivity contribution in [3.8, 4) is 5.75 Å². The van der Waals surface area contributed by atoms with E-state index in [0.29, 0.717) is 5.92 Å². The highest BCUT2D eigenvalue weighted by Gasteiger charge is 2.24. The SMILES string of the molecule is Fc1cc(C(CC2CNC2)Oc2ccccc2)ccc1Cl. The van der Waals surface area contributed by atoms with Crippen molar-refractivity contribution in [3.05, 3.63) is 64.9 Å². The molecule has 1 saturated heterocycles. The molecule has 1 fully saturated rings. The van der Waals surface area contributed by atoms with Gasteiger partial charge in [0.15, 0.2) is 0 Å². The average molecular weight is 306 g/mol. The molecule has 1 unspecified atom stereocenters. The standard InChI is InChI=1S/C17H17ClFNO/c18-15-7-6-13(9-16(15)19)17(8-12-10-20-11-12)21-14-4-2-1-3-5-14/h1-7,9,12,17,20H,8,10-11H2. The highest BCUT2D eigenvalue weighted by Crippen LogP contribution is 2.30. The van der Waals surface area contributed by atoms with Crippen LogP contribution in [0.25, 0.3) is 0 Å². The Labute approximate surface area is 128 Å². The fourth-order valence-corrected chi connectivity index (χ4v) is 2.56. The van der Waals surface area contributed by atoms with Crippen molar-refractivity contribution in [1.29, 1.82) is 0 Å². The Morgan fingerprint density at radius 2 is 1.95 bits per heavy atom. The van der Waals surface area contributed by atoms with Gasteiger partial charge < -0.3 is 10.1 Å². The second kappa shape index (κ2) is 6.46. The molecule has 0 aromatic heterocycles. The first-order valence-electron chi connectivity index (χ1n) is 7.10. The lowest BCUT2D eigenvalue weighted by Gasteiger charge is -2.31. The molecule has 1 aliphatic heterocycles. The van der Waals surface area contributed by atoms with Gasteiger partial charge in [0.1, 0.15) is 17.7 Å². The second-order valence-electron chi connectivity index (χ2n) is 5.35. The zero-order chi connectivity index (χ0) is 14.7. The van der Waals surface area contributed by atoms with Crippen LogP contribution < -0.4 is 10.1 Å². The molecule has 0 bridgehead atoms. The van der Waals surface area contributed by atoms with Crippen molar-refractivity contribution in [2.24, 2.45) is 5.92 Å². The van der Waals surface area contributed by atoms with E-state index in [0.717, 1.165) is 30.8 Å². The van der Waals surface area contributed by atoms with Crippen LogP contribution in [-0.4, -0.2) is 13.1 Å². The molecule has 0 spiro atoms. The maximum Gasteiger partial charge on any atom is 0.142 e. The van der Waals surface area contributed by atoms with Crippen LogP contribution in [0.2, 0.25) is 5.02 Å². The highest BCUT2D eigenvalue weighted by molar-refractivity contribution is 6.30. The number of rotatable bonds is 5. The molecular weight excluding hydrogens is 289 g/mol. The van der Waals surface area contributed by atoms with Gasteiger partial charge in [-0.1, -0.05) is 35.9 Å². The summed E-state index contributed by atoms with van der Waals surface area (Å²) in [5.74, 6) is 0.963. The Balaban J connectivity index is 1.82. The smallest absolute Gasteiger partial charge is 0.142 e. The minimum Gasteiger partial charge on any atom is -0.486 e. The van der Waals surface area contributed by atoms with E-state index in [4.69, 9.17) is 16.3 Å². The Hall–Kier alpha value is -1.58. The number of nitrogens with one attached hydrogen (secondary N) is 1. The molecule has 1 aliphatic rings. The molecule has 0 saturated carbocycles. The van der Waals surface area contributed by atoms with Gasteiger partial charge >= 0.3 is 0 Å². The summed E-state index contributed by atoms with van der Waals surface area (Å²) < 4.78 is 19.8. The molecule has 4 heteroatoms. The van der Waals surface area contributed by atoms with Crippen molar-refractivity contribution in [2.45, 2.75) is 12.5 Å². The molecule has 110 valence electrons. The number of benzene rings is 2. The van der Waals surface area contributed by atoms with Crippen molar-refractivity contribution < 1.29 is 9.13 Å². The first-order valence-corrected chi connectivity index (χ1v) is 7.47. The van der Waals surface area contributed by atoms with Gasteiger partial charge in [0.25, 0.3) is 0 Å². The van der Waals surface area contributed by atoms with Gasteiger partial charge in [-0.05, 0) is 55.3 Å². The van der Waals surface area contributed by atoms with Gasteiger partial charge in [-0.3, -0.25) is 0 Å². The Morgan fingerprint density at radius 3 is 2.57 bits per heavy atom. The molecule has 21 heavy (non-hydrogen) atoms. The summed E-state index contributed by atoms with van der Waals surface area (Å²) in [7, 11) is 0.